The third-order valence-electron chi connectivity index (χ3n) is 8.87. The SMILES string of the molecule is CCCN1CCCC(C(=O)c2ccccc2-c2cccc(CCCN3CCCC(C(=O)c4ccc(Cl)c(Cl)c4)C3)c2)C1. The van der Waals surface area contributed by atoms with Crippen LogP contribution in [-0.2, 0) is 6.42 Å². The molecular weight excluding hydrogens is 563 g/mol. The molecule has 0 bridgehead atoms. The number of carbonyl (C=O) groups is 2. The Morgan fingerprint density at radius 3 is 2.24 bits per heavy atom. The summed E-state index contributed by atoms with van der Waals surface area (Å²) in [5.74, 6) is 0.510. The quantitative estimate of drug-likeness (QED) is 0.206. The van der Waals surface area contributed by atoms with Crippen molar-refractivity contribution in [2.24, 2.45) is 11.8 Å². The van der Waals surface area contributed by atoms with Crippen molar-refractivity contribution in [2.75, 3.05) is 39.3 Å². The molecule has 2 unspecified atom stereocenters. The summed E-state index contributed by atoms with van der Waals surface area (Å²) in [6, 6.07) is 22.0. The minimum absolute atomic E-state index is 0.00780. The number of nitrogens with zero attached hydrogens (tertiary/aromatic N) is 2. The fraction of sp³-hybridized carbons (Fsp3) is 0.444. The Bertz CT molecular complexity index is 1390. The maximum atomic E-state index is 13.7. The molecular formula is C36H42Cl2N2O2. The Morgan fingerprint density at radius 1 is 0.786 bits per heavy atom. The molecule has 2 fully saturated rings. The number of likely N-dealkylation sites (tertiary alicyclic amines) is 2. The van der Waals surface area contributed by atoms with Crippen molar-refractivity contribution in [3.8, 4) is 11.1 Å². The highest BCUT2D eigenvalue weighted by molar-refractivity contribution is 6.42. The lowest BCUT2D eigenvalue weighted by Crippen LogP contribution is -2.39. The van der Waals surface area contributed by atoms with Gasteiger partial charge in [0.05, 0.1) is 10.0 Å². The van der Waals surface area contributed by atoms with Gasteiger partial charge in [0.1, 0.15) is 0 Å². The molecule has 0 radical (unpaired) electrons. The van der Waals surface area contributed by atoms with Gasteiger partial charge in [0, 0.05) is 36.1 Å². The summed E-state index contributed by atoms with van der Waals surface area (Å²) < 4.78 is 0. The molecule has 2 aliphatic rings. The average Bonchev–Trinajstić information content (AvgIpc) is 3.02. The van der Waals surface area contributed by atoms with Crippen LogP contribution in [0.15, 0.2) is 66.7 Å². The molecule has 0 aromatic heterocycles. The van der Waals surface area contributed by atoms with E-state index in [1.165, 1.54) is 5.56 Å². The maximum absolute atomic E-state index is 13.7. The molecule has 2 heterocycles. The highest BCUT2D eigenvalue weighted by Gasteiger charge is 2.28. The second-order valence-corrected chi connectivity index (χ2v) is 12.8. The van der Waals surface area contributed by atoms with Gasteiger partial charge in [0.15, 0.2) is 11.6 Å². The van der Waals surface area contributed by atoms with Gasteiger partial charge in [0.2, 0.25) is 0 Å². The number of hydrogen-bond donors (Lipinski definition) is 0. The molecule has 3 aromatic carbocycles. The third kappa shape index (κ3) is 7.71. The standard InChI is InChI=1S/C36H42Cl2N2O2/c1-2-18-39-20-8-13-30(25-39)36(42)32-15-4-3-14-31(32)27-11-5-9-26(22-27)10-6-19-40-21-7-12-29(24-40)35(41)28-16-17-33(37)34(38)23-28/h3-5,9,11,14-17,22-23,29-30H,2,6-8,10,12-13,18-21,24-25H2,1H3. The van der Waals surface area contributed by atoms with Gasteiger partial charge in [-0.1, -0.05) is 78.7 Å². The lowest BCUT2D eigenvalue weighted by atomic mass is 9.86. The number of rotatable bonds is 11. The highest BCUT2D eigenvalue weighted by atomic mass is 35.5. The van der Waals surface area contributed by atoms with Crippen LogP contribution in [0.25, 0.3) is 11.1 Å². The van der Waals surface area contributed by atoms with Gasteiger partial charge in [0.25, 0.3) is 0 Å². The van der Waals surface area contributed by atoms with Crippen LogP contribution in [-0.4, -0.2) is 60.6 Å². The van der Waals surface area contributed by atoms with Crippen LogP contribution in [0, 0.1) is 11.8 Å². The summed E-state index contributed by atoms with van der Waals surface area (Å²) >= 11 is 12.2. The topological polar surface area (TPSA) is 40.6 Å². The number of carbonyl (C=O) groups excluding carboxylic acids is 2. The average molecular weight is 606 g/mol. The van der Waals surface area contributed by atoms with E-state index >= 15 is 0 Å². The van der Waals surface area contributed by atoms with E-state index in [0.717, 1.165) is 101 Å². The highest BCUT2D eigenvalue weighted by Crippen LogP contribution is 2.30. The number of Topliss-reactive ketones (excluding diaryl/α,β-unsaturated/α-hetero) is 2. The summed E-state index contributed by atoms with van der Waals surface area (Å²) in [7, 11) is 0. The van der Waals surface area contributed by atoms with Gasteiger partial charge < -0.3 is 9.80 Å². The minimum atomic E-state index is -0.00780. The van der Waals surface area contributed by atoms with Gasteiger partial charge in [-0.15, -0.1) is 0 Å². The number of ketones is 2. The van der Waals surface area contributed by atoms with E-state index in [1.807, 2.05) is 18.2 Å². The van der Waals surface area contributed by atoms with E-state index in [4.69, 9.17) is 23.2 Å². The first-order valence-electron chi connectivity index (χ1n) is 15.6. The van der Waals surface area contributed by atoms with Gasteiger partial charge in [-0.3, -0.25) is 9.59 Å². The van der Waals surface area contributed by atoms with Crippen LogP contribution in [0.1, 0.15) is 71.7 Å². The molecule has 2 saturated heterocycles. The Hall–Kier alpha value is -2.50. The molecule has 0 amide bonds. The van der Waals surface area contributed by atoms with E-state index < -0.39 is 0 Å². The van der Waals surface area contributed by atoms with E-state index in [2.05, 4.69) is 47.1 Å². The largest absolute Gasteiger partial charge is 0.303 e. The van der Waals surface area contributed by atoms with Crippen molar-refractivity contribution in [1.29, 1.82) is 0 Å². The van der Waals surface area contributed by atoms with Crippen LogP contribution >= 0.6 is 23.2 Å². The summed E-state index contributed by atoms with van der Waals surface area (Å²) in [5, 5.41) is 0.901. The van der Waals surface area contributed by atoms with Crippen molar-refractivity contribution in [3.63, 3.8) is 0 Å². The summed E-state index contributed by atoms with van der Waals surface area (Å²) in [4.78, 5) is 31.7. The van der Waals surface area contributed by atoms with Crippen LogP contribution in [0.5, 0.6) is 0 Å². The van der Waals surface area contributed by atoms with Gasteiger partial charge >= 0.3 is 0 Å². The molecule has 2 aliphatic heterocycles. The molecule has 3 aromatic rings. The number of halogens is 2. The molecule has 4 nitrogen and oxygen atoms in total. The van der Waals surface area contributed by atoms with E-state index in [9.17, 15) is 9.59 Å². The summed E-state index contributed by atoms with van der Waals surface area (Å²) in [6.07, 6.45) is 7.11. The third-order valence-corrected chi connectivity index (χ3v) is 9.61. The monoisotopic (exact) mass is 604 g/mol. The van der Waals surface area contributed by atoms with E-state index in [-0.39, 0.29) is 23.4 Å². The first-order chi connectivity index (χ1) is 20.4. The summed E-state index contributed by atoms with van der Waals surface area (Å²) in [6.45, 7) is 8.02. The van der Waals surface area contributed by atoms with Crippen molar-refractivity contribution < 1.29 is 9.59 Å². The molecule has 0 aliphatic carbocycles. The molecule has 6 heteroatoms. The van der Waals surface area contributed by atoms with Crippen LogP contribution in [0.4, 0.5) is 0 Å². The number of piperidine rings is 2. The molecule has 0 saturated carbocycles. The molecule has 0 spiro atoms. The van der Waals surface area contributed by atoms with Gasteiger partial charge in [-0.25, -0.2) is 0 Å². The second-order valence-electron chi connectivity index (χ2n) is 12.0. The predicted octanol–water partition coefficient (Wildman–Crippen LogP) is 8.49. The smallest absolute Gasteiger partial charge is 0.167 e. The summed E-state index contributed by atoms with van der Waals surface area (Å²) in [5.41, 5.74) is 4.93. The Labute approximate surface area is 261 Å². The van der Waals surface area contributed by atoms with Crippen LogP contribution < -0.4 is 0 Å². The first-order valence-corrected chi connectivity index (χ1v) is 16.3. The Kier molecular flexibility index (Phi) is 10.9. The van der Waals surface area contributed by atoms with Crippen molar-refractivity contribution in [1.82, 2.24) is 9.80 Å². The minimum Gasteiger partial charge on any atom is -0.303 e. The molecule has 5 rings (SSSR count). The fourth-order valence-corrected chi connectivity index (χ4v) is 7.02. The van der Waals surface area contributed by atoms with Crippen molar-refractivity contribution >= 4 is 34.8 Å². The van der Waals surface area contributed by atoms with Crippen molar-refractivity contribution in [3.05, 3.63) is 93.5 Å². The lowest BCUT2D eigenvalue weighted by Gasteiger charge is -2.32. The molecule has 0 N–H and O–H groups in total. The number of benzene rings is 3. The Balaban J connectivity index is 1.19. The number of aryl methyl sites for hydroxylation is 1. The van der Waals surface area contributed by atoms with Crippen LogP contribution in [0.2, 0.25) is 10.0 Å². The molecule has 222 valence electrons. The first kappa shape index (κ1) is 30.9. The second kappa shape index (κ2) is 14.8. The fourth-order valence-electron chi connectivity index (χ4n) is 6.72. The Morgan fingerprint density at radius 2 is 1.50 bits per heavy atom. The zero-order valence-corrected chi connectivity index (χ0v) is 26.2. The lowest BCUT2D eigenvalue weighted by molar-refractivity contribution is 0.0813. The molecule has 42 heavy (non-hydrogen) atoms. The zero-order chi connectivity index (χ0) is 29.5. The van der Waals surface area contributed by atoms with Crippen molar-refractivity contribution in [2.45, 2.75) is 51.9 Å². The van der Waals surface area contributed by atoms with E-state index in [0.29, 0.717) is 15.6 Å². The van der Waals surface area contributed by atoms with Crippen LogP contribution in [0.3, 0.4) is 0 Å². The normalized spacial score (nSPS) is 20.0. The number of hydrogen-bond acceptors (Lipinski definition) is 4. The zero-order valence-electron chi connectivity index (χ0n) is 24.7. The molecule has 2 atom stereocenters. The van der Waals surface area contributed by atoms with Gasteiger partial charge in [-0.05, 0) is 106 Å². The van der Waals surface area contributed by atoms with E-state index in [1.54, 1.807) is 18.2 Å². The predicted molar refractivity (Wildman–Crippen MR) is 174 cm³/mol. The van der Waals surface area contributed by atoms with Gasteiger partial charge in [-0.2, -0.15) is 0 Å². The maximum Gasteiger partial charge on any atom is 0.167 e.